The van der Waals surface area contributed by atoms with Crippen molar-refractivity contribution in [3.8, 4) is 34.2 Å². The van der Waals surface area contributed by atoms with Crippen LogP contribution in [-0.2, 0) is 4.79 Å². The Kier molecular flexibility index (Phi) is 8.92. The monoisotopic (exact) mass is 482 g/mol. The van der Waals surface area contributed by atoms with Crippen LogP contribution in [0.25, 0.3) is 28.2 Å². The maximum Gasteiger partial charge on any atom is 0.306 e. The molecule has 5 nitrogen and oxygen atoms in total. The van der Waals surface area contributed by atoms with Crippen LogP contribution in [0.2, 0.25) is 0 Å². The fourth-order valence-electron chi connectivity index (χ4n) is 4.34. The third-order valence-corrected chi connectivity index (χ3v) is 6.39. The van der Waals surface area contributed by atoms with Crippen molar-refractivity contribution in [2.45, 2.75) is 45.4 Å². The number of carbonyl (C=O) groups is 1. The zero-order chi connectivity index (χ0) is 25.2. The van der Waals surface area contributed by atoms with Crippen molar-refractivity contribution in [1.82, 2.24) is 9.55 Å². The van der Waals surface area contributed by atoms with Crippen LogP contribution in [0.1, 0.15) is 45.4 Å². The minimum Gasteiger partial charge on any atom is -0.481 e. The minimum absolute atomic E-state index is 0.261. The van der Waals surface area contributed by atoms with E-state index in [1.165, 1.54) is 0 Å². The number of hydrogen-bond donors (Lipinski definition) is 1. The molecule has 0 aliphatic rings. The first-order chi connectivity index (χ1) is 17.6. The standard InChI is InChI=1S/C31H34N2O3/c1-24(30(34)35)16-8-3-2-4-15-23-36-31-32-28(25-17-9-5-10-18-25)29(26-19-11-6-12-20-26)33(31)27-21-13-7-14-22-27/h5-7,9-14,17-22,24H,2-4,8,15-16,23H2,1H3,(H,34,35). The van der Waals surface area contributed by atoms with Gasteiger partial charge in [0.2, 0.25) is 0 Å². The Balaban J connectivity index is 1.53. The zero-order valence-corrected chi connectivity index (χ0v) is 20.8. The Hall–Kier alpha value is -3.86. The number of rotatable bonds is 13. The molecular formula is C31H34N2O3. The first-order valence-electron chi connectivity index (χ1n) is 12.8. The van der Waals surface area contributed by atoms with Crippen molar-refractivity contribution >= 4 is 5.97 Å². The maximum atomic E-state index is 11.0. The maximum absolute atomic E-state index is 11.0. The van der Waals surface area contributed by atoms with Crippen LogP contribution < -0.4 is 4.74 Å². The van der Waals surface area contributed by atoms with Crippen molar-refractivity contribution in [1.29, 1.82) is 0 Å². The van der Waals surface area contributed by atoms with E-state index in [1.54, 1.807) is 6.92 Å². The lowest BCUT2D eigenvalue weighted by Crippen LogP contribution is -2.08. The quantitative estimate of drug-likeness (QED) is 0.199. The number of ether oxygens (including phenoxy) is 1. The van der Waals surface area contributed by atoms with Crippen molar-refractivity contribution < 1.29 is 14.6 Å². The average molecular weight is 483 g/mol. The molecule has 4 aromatic rings. The van der Waals surface area contributed by atoms with Gasteiger partial charge in [0.05, 0.1) is 23.9 Å². The lowest BCUT2D eigenvalue weighted by atomic mass is 10.0. The van der Waals surface area contributed by atoms with Crippen molar-refractivity contribution in [2.75, 3.05) is 6.61 Å². The molecular weight excluding hydrogens is 448 g/mol. The lowest BCUT2D eigenvalue weighted by molar-refractivity contribution is -0.141. The van der Waals surface area contributed by atoms with E-state index in [-0.39, 0.29) is 5.92 Å². The Morgan fingerprint density at radius 3 is 2.00 bits per heavy atom. The average Bonchev–Trinajstić information content (AvgIpc) is 3.31. The van der Waals surface area contributed by atoms with Crippen LogP contribution in [0, 0.1) is 5.92 Å². The summed E-state index contributed by atoms with van der Waals surface area (Å²) in [4.78, 5) is 16.0. The van der Waals surface area contributed by atoms with Gasteiger partial charge in [-0.1, -0.05) is 111 Å². The van der Waals surface area contributed by atoms with Crippen molar-refractivity contribution in [3.63, 3.8) is 0 Å². The number of para-hydroxylation sites is 1. The predicted octanol–water partition coefficient (Wildman–Crippen LogP) is 7.65. The lowest BCUT2D eigenvalue weighted by Gasteiger charge is -2.13. The number of nitrogens with zero attached hydrogens (tertiary/aromatic N) is 2. The Bertz CT molecular complexity index is 1220. The smallest absolute Gasteiger partial charge is 0.306 e. The van der Waals surface area contributed by atoms with E-state index in [1.807, 2.05) is 54.6 Å². The van der Waals surface area contributed by atoms with Gasteiger partial charge in [-0.25, -0.2) is 0 Å². The molecule has 0 aliphatic heterocycles. The summed E-state index contributed by atoms with van der Waals surface area (Å²) in [6.07, 6.45) is 5.79. The highest BCUT2D eigenvalue weighted by Gasteiger charge is 2.22. The summed E-state index contributed by atoms with van der Waals surface area (Å²) in [5, 5.41) is 9.01. The molecule has 1 heterocycles. The summed E-state index contributed by atoms with van der Waals surface area (Å²) in [5.74, 6) is -0.968. The SMILES string of the molecule is CC(CCCCCCCOc1nc(-c2ccccc2)c(-c2ccccc2)n1-c1ccccc1)C(=O)O. The molecule has 36 heavy (non-hydrogen) atoms. The molecule has 5 heteroatoms. The van der Waals surface area contributed by atoms with Gasteiger partial charge in [0.1, 0.15) is 5.69 Å². The predicted molar refractivity (Wildman–Crippen MR) is 144 cm³/mol. The van der Waals surface area contributed by atoms with E-state index in [4.69, 9.17) is 14.8 Å². The highest BCUT2D eigenvalue weighted by molar-refractivity contribution is 5.81. The molecule has 0 radical (unpaired) electrons. The molecule has 1 atom stereocenters. The molecule has 0 fully saturated rings. The molecule has 1 unspecified atom stereocenters. The molecule has 3 aromatic carbocycles. The van der Waals surface area contributed by atoms with Crippen molar-refractivity contribution in [2.24, 2.45) is 5.92 Å². The van der Waals surface area contributed by atoms with E-state index in [0.717, 1.165) is 66.7 Å². The van der Waals surface area contributed by atoms with Crippen LogP contribution in [0.3, 0.4) is 0 Å². The fraction of sp³-hybridized carbons (Fsp3) is 0.290. The minimum atomic E-state index is -0.706. The molecule has 1 N–H and O–H groups in total. The molecule has 0 amide bonds. The second kappa shape index (κ2) is 12.7. The van der Waals surface area contributed by atoms with E-state index in [9.17, 15) is 4.79 Å². The highest BCUT2D eigenvalue weighted by atomic mass is 16.5. The van der Waals surface area contributed by atoms with Gasteiger partial charge in [0.15, 0.2) is 0 Å². The largest absolute Gasteiger partial charge is 0.481 e. The number of aromatic nitrogens is 2. The van der Waals surface area contributed by atoms with Gasteiger partial charge in [-0.2, -0.15) is 4.98 Å². The van der Waals surface area contributed by atoms with E-state index >= 15 is 0 Å². The van der Waals surface area contributed by atoms with Gasteiger partial charge >= 0.3 is 12.0 Å². The van der Waals surface area contributed by atoms with Crippen LogP contribution in [0.15, 0.2) is 91.0 Å². The zero-order valence-electron chi connectivity index (χ0n) is 20.8. The van der Waals surface area contributed by atoms with Crippen LogP contribution >= 0.6 is 0 Å². The summed E-state index contributed by atoms with van der Waals surface area (Å²) in [7, 11) is 0. The number of unbranched alkanes of at least 4 members (excludes halogenated alkanes) is 4. The molecule has 4 rings (SSSR count). The highest BCUT2D eigenvalue weighted by Crippen LogP contribution is 2.37. The van der Waals surface area contributed by atoms with Gasteiger partial charge in [-0.3, -0.25) is 9.36 Å². The summed E-state index contributed by atoms with van der Waals surface area (Å²) in [6, 6.07) is 31.4. The molecule has 1 aromatic heterocycles. The normalized spacial score (nSPS) is 11.8. The summed E-state index contributed by atoms with van der Waals surface area (Å²) in [5.41, 5.74) is 5.04. The Morgan fingerprint density at radius 2 is 1.36 bits per heavy atom. The summed E-state index contributed by atoms with van der Waals surface area (Å²) >= 11 is 0. The number of carboxylic acid groups (broad SMARTS) is 1. The van der Waals surface area contributed by atoms with Crippen LogP contribution in [0.5, 0.6) is 6.01 Å². The number of aliphatic carboxylic acids is 1. The number of imidazole rings is 1. The topological polar surface area (TPSA) is 64.4 Å². The first kappa shape index (κ1) is 25.2. The molecule has 0 saturated heterocycles. The first-order valence-corrected chi connectivity index (χ1v) is 12.8. The van der Waals surface area contributed by atoms with E-state index < -0.39 is 5.97 Å². The second-order valence-electron chi connectivity index (χ2n) is 9.14. The van der Waals surface area contributed by atoms with Gasteiger partial charge in [0, 0.05) is 11.1 Å². The molecule has 0 spiro atoms. The molecule has 186 valence electrons. The fourth-order valence-corrected chi connectivity index (χ4v) is 4.34. The molecule has 0 bridgehead atoms. The number of hydrogen-bond acceptors (Lipinski definition) is 3. The van der Waals surface area contributed by atoms with Crippen LogP contribution in [0.4, 0.5) is 0 Å². The Labute approximate surface area is 213 Å². The van der Waals surface area contributed by atoms with Crippen LogP contribution in [-0.4, -0.2) is 27.2 Å². The van der Waals surface area contributed by atoms with E-state index in [0.29, 0.717) is 12.6 Å². The Morgan fingerprint density at radius 1 is 0.806 bits per heavy atom. The third kappa shape index (κ3) is 6.42. The second-order valence-corrected chi connectivity index (χ2v) is 9.14. The molecule has 0 aliphatic carbocycles. The van der Waals surface area contributed by atoms with Gasteiger partial charge < -0.3 is 9.84 Å². The number of carboxylic acids is 1. The molecule has 0 saturated carbocycles. The van der Waals surface area contributed by atoms with E-state index in [2.05, 4.69) is 41.0 Å². The van der Waals surface area contributed by atoms with Gasteiger partial charge in [0.25, 0.3) is 0 Å². The number of benzene rings is 3. The van der Waals surface area contributed by atoms with Crippen molar-refractivity contribution in [3.05, 3.63) is 91.0 Å². The third-order valence-electron chi connectivity index (χ3n) is 6.39. The summed E-state index contributed by atoms with van der Waals surface area (Å²) in [6.45, 7) is 2.36. The summed E-state index contributed by atoms with van der Waals surface area (Å²) < 4.78 is 8.42. The van der Waals surface area contributed by atoms with Gasteiger partial charge in [-0.05, 0) is 25.0 Å². The van der Waals surface area contributed by atoms with Gasteiger partial charge in [-0.15, -0.1) is 0 Å².